The molecular weight excluding hydrogens is 260 g/mol. The number of imidazole rings is 1. The summed E-state index contributed by atoms with van der Waals surface area (Å²) < 4.78 is 0. The Kier molecular flexibility index (Phi) is 5.55. The number of hydrogen-bond acceptors (Lipinski definition) is 3. The van der Waals surface area contributed by atoms with E-state index in [0.717, 1.165) is 29.1 Å². The molecule has 2 aromatic rings. The molecule has 0 aliphatic carbocycles. The second-order valence-electron chi connectivity index (χ2n) is 5.40. The number of anilines is 1. The third-order valence-electron chi connectivity index (χ3n) is 3.70. The van der Waals surface area contributed by atoms with E-state index in [4.69, 9.17) is 11.1 Å². The average molecular weight is 284 g/mol. The highest BCUT2D eigenvalue weighted by Gasteiger charge is 2.05. The summed E-state index contributed by atoms with van der Waals surface area (Å²) in [5.74, 6) is 1.04. The second kappa shape index (κ2) is 7.62. The zero-order valence-corrected chi connectivity index (χ0v) is 12.7. The number of rotatable bonds is 8. The van der Waals surface area contributed by atoms with Gasteiger partial charge in [0.05, 0.1) is 11.9 Å². The number of benzene rings is 1. The van der Waals surface area contributed by atoms with Crippen LogP contribution in [0.1, 0.15) is 50.4 Å². The minimum Gasteiger partial charge on any atom is -0.398 e. The van der Waals surface area contributed by atoms with E-state index in [9.17, 15) is 0 Å². The van der Waals surface area contributed by atoms with Crippen molar-refractivity contribution in [2.45, 2.75) is 45.4 Å². The molecule has 2 rings (SSSR count). The van der Waals surface area contributed by atoms with Crippen LogP contribution in [0, 0.1) is 5.41 Å². The topological polar surface area (TPSA) is 78.5 Å². The molecule has 0 saturated heterocycles. The lowest BCUT2D eigenvalue weighted by atomic mass is 10.1. The van der Waals surface area contributed by atoms with Crippen molar-refractivity contribution in [2.24, 2.45) is 0 Å². The lowest BCUT2D eigenvalue weighted by Gasteiger charge is -2.03. The molecule has 0 bridgehead atoms. The van der Waals surface area contributed by atoms with Crippen LogP contribution in [0.15, 0.2) is 24.4 Å². The number of hydrogen-bond donors (Lipinski definition) is 3. The Morgan fingerprint density at radius 2 is 2.05 bits per heavy atom. The summed E-state index contributed by atoms with van der Waals surface area (Å²) in [5.41, 5.74) is 9.19. The van der Waals surface area contributed by atoms with Crippen LogP contribution >= 0.6 is 0 Å². The van der Waals surface area contributed by atoms with Crippen molar-refractivity contribution in [1.29, 1.82) is 5.41 Å². The fourth-order valence-corrected chi connectivity index (χ4v) is 2.40. The molecule has 1 aromatic heterocycles. The summed E-state index contributed by atoms with van der Waals surface area (Å²) in [6.45, 7) is 2.23. The lowest BCUT2D eigenvalue weighted by molar-refractivity contribution is 0.624. The number of aromatic nitrogens is 2. The highest BCUT2D eigenvalue weighted by Crippen LogP contribution is 2.22. The van der Waals surface area contributed by atoms with Gasteiger partial charge >= 0.3 is 0 Å². The maximum absolute atomic E-state index is 7.36. The molecular formula is C17H24N4. The van der Waals surface area contributed by atoms with Gasteiger partial charge in [-0.1, -0.05) is 38.7 Å². The van der Waals surface area contributed by atoms with E-state index >= 15 is 0 Å². The maximum atomic E-state index is 7.36. The SMILES string of the molecule is CCCCCCCc1ncc(-c2ccc(N)c(C=N)c2)[nH]1. The number of nitrogens with two attached hydrogens (primary N) is 1. The van der Waals surface area contributed by atoms with Crippen molar-refractivity contribution in [1.82, 2.24) is 9.97 Å². The minimum absolute atomic E-state index is 0.629. The van der Waals surface area contributed by atoms with Crippen LogP contribution < -0.4 is 5.73 Å². The van der Waals surface area contributed by atoms with Gasteiger partial charge in [-0.3, -0.25) is 0 Å². The minimum atomic E-state index is 0.629. The molecule has 0 atom stereocenters. The first-order valence-electron chi connectivity index (χ1n) is 7.69. The summed E-state index contributed by atoms with van der Waals surface area (Å²) in [6, 6.07) is 5.71. The number of nitrogens with zero attached hydrogens (tertiary/aromatic N) is 1. The van der Waals surface area contributed by atoms with Gasteiger partial charge in [0, 0.05) is 29.4 Å². The monoisotopic (exact) mass is 284 g/mol. The van der Waals surface area contributed by atoms with Crippen LogP contribution in [-0.4, -0.2) is 16.2 Å². The van der Waals surface area contributed by atoms with Crippen LogP contribution in [0.25, 0.3) is 11.3 Å². The number of H-pyrrole nitrogens is 1. The second-order valence-corrected chi connectivity index (χ2v) is 5.40. The molecule has 0 fully saturated rings. The van der Waals surface area contributed by atoms with Crippen LogP contribution in [-0.2, 0) is 6.42 Å². The zero-order chi connectivity index (χ0) is 15.1. The van der Waals surface area contributed by atoms with Gasteiger partial charge in [-0.2, -0.15) is 0 Å². The highest BCUT2D eigenvalue weighted by molar-refractivity contribution is 5.87. The van der Waals surface area contributed by atoms with Crippen molar-refractivity contribution in [2.75, 3.05) is 5.73 Å². The van der Waals surface area contributed by atoms with E-state index in [1.165, 1.54) is 38.3 Å². The molecule has 4 nitrogen and oxygen atoms in total. The molecule has 0 aliphatic rings. The molecule has 0 aliphatic heterocycles. The molecule has 21 heavy (non-hydrogen) atoms. The average Bonchev–Trinajstić information content (AvgIpc) is 2.96. The molecule has 0 amide bonds. The number of nitrogens with one attached hydrogen (secondary N) is 2. The highest BCUT2D eigenvalue weighted by atomic mass is 14.9. The summed E-state index contributed by atoms with van der Waals surface area (Å²) in [4.78, 5) is 7.81. The van der Waals surface area contributed by atoms with Gasteiger partial charge in [0.15, 0.2) is 0 Å². The fourth-order valence-electron chi connectivity index (χ4n) is 2.40. The fraction of sp³-hybridized carbons (Fsp3) is 0.412. The zero-order valence-electron chi connectivity index (χ0n) is 12.7. The van der Waals surface area contributed by atoms with Crippen molar-refractivity contribution < 1.29 is 0 Å². The van der Waals surface area contributed by atoms with Crippen molar-refractivity contribution in [3.63, 3.8) is 0 Å². The van der Waals surface area contributed by atoms with E-state index in [0.29, 0.717) is 5.69 Å². The van der Waals surface area contributed by atoms with E-state index in [2.05, 4.69) is 16.9 Å². The quantitative estimate of drug-likeness (QED) is 0.386. The number of aromatic amines is 1. The molecule has 4 heteroatoms. The first kappa shape index (κ1) is 15.3. The van der Waals surface area contributed by atoms with Crippen LogP contribution in [0.3, 0.4) is 0 Å². The van der Waals surface area contributed by atoms with E-state index in [1.54, 1.807) is 0 Å². The molecule has 4 N–H and O–H groups in total. The Morgan fingerprint density at radius 3 is 2.81 bits per heavy atom. The third kappa shape index (κ3) is 4.18. The van der Waals surface area contributed by atoms with Gasteiger partial charge in [0.25, 0.3) is 0 Å². The van der Waals surface area contributed by atoms with Gasteiger partial charge < -0.3 is 16.1 Å². The third-order valence-corrected chi connectivity index (χ3v) is 3.70. The lowest BCUT2D eigenvalue weighted by Crippen LogP contribution is -1.93. The Labute approximate surface area is 126 Å². The van der Waals surface area contributed by atoms with Crippen LogP contribution in [0.4, 0.5) is 5.69 Å². The van der Waals surface area contributed by atoms with Gasteiger partial charge in [-0.05, 0) is 18.6 Å². The van der Waals surface area contributed by atoms with Gasteiger partial charge in [0.2, 0.25) is 0 Å². The van der Waals surface area contributed by atoms with E-state index < -0.39 is 0 Å². The van der Waals surface area contributed by atoms with E-state index in [-0.39, 0.29) is 0 Å². The number of unbranched alkanes of at least 4 members (excludes halogenated alkanes) is 4. The van der Waals surface area contributed by atoms with Crippen molar-refractivity contribution >= 4 is 11.9 Å². The summed E-state index contributed by atoms with van der Waals surface area (Å²) in [7, 11) is 0. The summed E-state index contributed by atoms with van der Waals surface area (Å²) in [6.07, 6.45) is 10.5. The summed E-state index contributed by atoms with van der Waals surface area (Å²) >= 11 is 0. The number of nitrogen functional groups attached to an aromatic ring is 1. The first-order chi connectivity index (χ1) is 10.2. The normalized spacial score (nSPS) is 10.7. The predicted octanol–water partition coefficient (Wildman–Crippen LogP) is 4.17. The first-order valence-corrected chi connectivity index (χ1v) is 7.69. The molecule has 112 valence electrons. The standard InChI is InChI=1S/C17H24N4/c1-2-3-4-5-6-7-17-20-12-16(21-17)13-8-9-15(19)14(10-13)11-18/h8-12,18H,2-7,19H2,1H3,(H,20,21). The maximum Gasteiger partial charge on any atom is 0.106 e. The van der Waals surface area contributed by atoms with Crippen molar-refractivity contribution in [3.05, 3.63) is 35.8 Å². The summed E-state index contributed by atoms with van der Waals surface area (Å²) in [5, 5.41) is 7.36. The Morgan fingerprint density at radius 1 is 1.24 bits per heavy atom. The van der Waals surface area contributed by atoms with Gasteiger partial charge in [0.1, 0.15) is 5.82 Å². The molecule has 0 saturated carbocycles. The van der Waals surface area contributed by atoms with Crippen LogP contribution in [0.2, 0.25) is 0 Å². The molecule has 0 radical (unpaired) electrons. The Balaban J connectivity index is 1.97. The van der Waals surface area contributed by atoms with Gasteiger partial charge in [-0.15, -0.1) is 0 Å². The number of aryl methyl sites for hydroxylation is 1. The molecule has 0 unspecified atom stereocenters. The molecule has 1 heterocycles. The molecule has 0 spiro atoms. The molecule has 1 aromatic carbocycles. The van der Waals surface area contributed by atoms with Gasteiger partial charge in [-0.25, -0.2) is 4.98 Å². The Hall–Kier alpha value is -2.10. The van der Waals surface area contributed by atoms with E-state index in [1.807, 2.05) is 24.4 Å². The predicted molar refractivity (Wildman–Crippen MR) is 88.8 cm³/mol. The van der Waals surface area contributed by atoms with Crippen LogP contribution in [0.5, 0.6) is 0 Å². The largest absolute Gasteiger partial charge is 0.398 e. The Bertz CT molecular complexity index is 586. The smallest absolute Gasteiger partial charge is 0.106 e. The van der Waals surface area contributed by atoms with Crippen molar-refractivity contribution in [3.8, 4) is 11.3 Å².